The lowest BCUT2D eigenvalue weighted by Gasteiger charge is -2.01. The zero-order valence-electron chi connectivity index (χ0n) is 7.84. The van der Waals surface area contributed by atoms with Crippen molar-refractivity contribution in [3.63, 3.8) is 0 Å². The number of rotatable bonds is 2. The summed E-state index contributed by atoms with van der Waals surface area (Å²) in [6.45, 7) is 0. The summed E-state index contributed by atoms with van der Waals surface area (Å²) in [5, 5.41) is 0. The third-order valence-corrected chi connectivity index (χ3v) is 5.05. The van der Waals surface area contributed by atoms with Gasteiger partial charge in [0.2, 0.25) is 0 Å². The molecule has 0 N–H and O–H groups in total. The molecule has 1 nitrogen and oxygen atoms in total. The average Bonchev–Trinajstić information content (AvgIpc) is 2.58. The number of carbonyl (C=O) groups excluding carboxylic acids is 1. The molecule has 0 aliphatic carbocycles. The minimum Gasteiger partial charge on any atom is -0.288 e. The van der Waals surface area contributed by atoms with E-state index in [9.17, 15) is 4.79 Å². The zero-order valence-corrected chi connectivity index (χ0v) is 13.4. The summed E-state index contributed by atoms with van der Waals surface area (Å²) in [5.74, 6) is 0.0151. The van der Waals surface area contributed by atoms with Crippen molar-refractivity contribution in [2.45, 2.75) is 0 Å². The van der Waals surface area contributed by atoms with Crippen molar-refractivity contribution in [3.8, 4) is 0 Å². The molecule has 0 aliphatic heterocycles. The molecule has 0 radical (unpaired) electrons. The first-order valence-corrected chi connectivity index (χ1v) is 7.53. The summed E-state index contributed by atoms with van der Waals surface area (Å²) in [7, 11) is 0. The fraction of sp³-hybridized carbons (Fsp3) is 0. The van der Waals surface area contributed by atoms with Gasteiger partial charge in [-0.1, -0.05) is 28.1 Å². The van der Waals surface area contributed by atoms with Crippen LogP contribution in [0.4, 0.5) is 0 Å². The van der Waals surface area contributed by atoms with Gasteiger partial charge in [0.25, 0.3) is 0 Å². The predicted octanol–water partition coefficient (Wildman–Crippen LogP) is 5.27. The molecule has 16 heavy (non-hydrogen) atoms. The Morgan fingerprint density at radius 1 is 1.06 bits per heavy atom. The molecule has 0 aliphatic rings. The van der Waals surface area contributed by atoms with E-state index in [-0.39, 0.29) is 5.78 Å². The van der Waals surface area contributed by atoms with Gasteiger partial charge >= 0.3 is 0 Å². The highest BCUT2D eigenvalue weighted by molar-refractivity contribution is 9.12. The topological polar surface area (TPSA) is 17.1 Å². The molecule has 0 amide bonds. The molecule has 82 valence electrons. The van der Waals surface area contributed by atoms with Crippen LogP contribution in [-0.2, 0) is 0 Å². The maximum absolute atomic E-state index is 12.2. The maximum atomic E-state index is 12.2. The molecule has 0 bridgehead atoms. The fourth-order valence-corrected chi connectivity index (χ4v) is 4.54. The molecule has 0 unspecified atom stereocenters. The molecule has 1 aromatic carbocycles. The van der Waals surface area contributed by atoms with E-state index in [1.54, 1.807) is 0 Å². The molecule has 1 heterocycles. The van der Waals surface area contributed by atoms with E-state index in [0.29, 0.717) is 11.1 Å². The molecular formula is C11H5Br3OS. The first-order valence-electron chi connectivity index (χ1n) is 4.33. The Labute approximate surface area is 122 Å². The molecule has 0 atom stereocenters. The van der Waals surface area contributed by atoms with E-state index in [1.165, 1.54) is 11.3 Å². The highest BCUT2D eigenvalue weighted by Crippen LogP contribution is 2.34. The normalized spacial score (nSPS) is 10.4. The van der Waals surface area contributed by atoms with Crippen LogP contribution in [0.15, 0.2) is 42.4 Å². The SMILES string of the molecule is O=C(c1ccccc1Br)c1cc(Br)sc1Br. The Kier molecular flexibility index (Phi) is 4.00. The van der Waals surface area contributed by atoms with Crippen LogP contribution in [0.25, 0.3) is 0 Å². The highest BCUT2D eigenvalue weighted by Gasteiger charge is 2.17. The highest BCUT2D eigenvalue weighted by atomic mass is 79.9. The minimum atomic E-state index is 0.0151. The van der Waals surface area contributed by atoms with E-state index in [1.807, 2.05) is 30.3 Å². The molecule has 5 heteroatoms. The Balaban J connectivity index is 2.47. The van der Waals surface area contributed by atoms with Crippen LogP contribution in [0, 0.1) is 0 Å². The summed E-state index contributed by atoms with van der Waals surface area (Å²) in [6.07, 6.45) is 0. The Morgan fingerprint density at radius 3 is 2.31 bits per heavy atom. The quantitative estimate of drug-likeness (QED) is 0.600. The Hall–Kier alpha value is 0.0300. The lowest BCUT2D eigenvalue weighted by molar-refractivity contribution is 0.103. The summed E-state index contributed by atoms with van der Waals surface area (Å²) in [6, 6.07) is 9.25. The number of benzene rings is 1. The number of ketones is 1. The third-order valence-electron chi connectivity index (χ3n) is 2.02. The van der Waals surface area contributed by atoms with Crippen molar-refractivity contribution in [2.24, 2.45) is 0 Å². The fourth-order valence-electron chi connectivity index (χ4n) is 1.29. The second-order valence-electron chi connectivity index (χ2n) is 3.05. The van der Waals surface area contributed by atoms with E-state index < -0.39 is 0 Å². The summed E-state index contributed by atoms with van der Waals surface area (Å²) in [4.78, 5) is 12.2. The maximum Gasteiger partial charge on any atom is 0.196 e. The number of hydrogen-bond donors (Lipinski definition) is 0. The standard InChI is InChI=1S/C11H5Br3OS/c12-8-4-2-1-3-6(8)10(15)7-5-9(13)16-11(7)14/h1-5H. The average molecular weight is 425 g/mol. The van der Waals surface area contributed by atoms with Gasteiger partial charge in [0.1, 0.15) is 0 Å². The van der Waals surface area contributed by atoms with E-state index in [0.717, 1.165) is 12.0 Å². The Morgan fingerprint density at radius 2 is 1.75 bits per heavy atom. The summed E-state index contributed by atoms with van der Waals surface area (Å²) < 4.78 is 2.60. The number of hydrogen-bond acceptors (Lipinski definition) is 2. The van der Waals surface area contributed by atoms with Gasteiger partial charge in [-0.3, -0.25) is 4.79 Å². The molecule has 1 aromatic heterocycles. The molecule has 0 saturated carbocycles. The van der Waals surface area contributed by atoms with Crippen molar-refractivity contribution >= 4 is 64.9 Å². The molecular weight excluding hydrogens is 420 g/mol. The van der Waals surface area contributed by atoms with Gasteiger partial charge in [0, 0.05) is 15.6 Å². The smallest absolute Gasteiger partial charge is 0.196 e. The van der Waals surface area contributed by atoms with Crippen LogP contribution >= 0.6 is 59.1 Å². The molecule has 2 aromatic rings. The van der Waals surface area contributed by atoms with Crippen molar-refractivity contribution in [1.82, 2.24) is 0 Å². The minimum absolute atomic E-state index is 0.0151. The molecule has 0 saturated heterocycles. The van der Waals surface area contributed by atoms with Gasteiger partial charge in [0.15, 0.2) is 5.78 Å². The number of thiophene rings is 1. The van der Waals surface area contributed by atoms with Crippen molar-refractivity contribution < 1.29 is 4.79 Å². The lowest BCUT2D eigenvalue weighted by atomic mass is 10.1. The van der Waals surface area contributed by atoms with E-state index in [2.05, 4.69) is 47.8 Å². The first-order chi connectivity index (χ1) is 7.59. The monoisotopic (exact) mass is 422 g/mol. The lowest BCUT2D eigenvalue weighted by Crippen LogP contribution is -2.01. The number of carbonyl (C=O) groups is 1. The van der Waals surface area contributed by atoms with Crippen LogP contribution in [0.1, 0.15) is 15.9 Å². The van der Waals surface area contributed by atoms with Gasteiger partial charge in [-0.05, 0) is 50.1 Å². The van der Waals surface area contributed by atoms with Gasteiger partial charge in [-0.2, -0.15) is 0 Å². The van der Waals surface area contributed by atoms with Gasteiger partial charge in [0.05, 0.1) is 7.57 Å². The van der Waals surface area contributed by atoms with Crippen LogP contribution < -0.4 is 0 Å². The molecule has 0 spiro atoms. The third kappa shape index (κ3) is 2.47. The largest absolute Gasteiger partial charge is 0.288 e. The van der Waals surface area contributed by atoms with Crippen LogP contribution in [0.5, 0.6) is 0 Å². The molecule has 0 fully saturated rings. The van der Waals surface area contributed by atoms with Crippen LogP contribution in [0.3, 0.4) is 0 Å². The zero-order chi connectivity index (χ0) is 11.7. The predicted molar refractivity (Wildman–Crippen MR) is 77.3 cm³/mol. The van der Waals surface area contributed by atoms with Gasteiger partial charge < -0.3 is 0 Å². The summed E-state index contributed by atoms with van der Waals surface area (Å²) in [5.41, 5.74) is 1.36. The van der Waals surface area contributed by atoms with E-state index in [4.69, 9.17) is 0 Å². The van der Waals surface area contributed by atoms with E-state index >= 15 is 0 Å². The second kappa shape index (κ2) is 5.12. The van der Waals surface area contributed by atoms with Crippen molar-refractivity contribution in [2.75, 3.05) is 0 Å². The van der Waals surface area contributed by atoms with Crippen molar-refractivity contribution in [1.29, 1.82) is 0 Å². The van der Waals surface area contributed by atoms with Gasteiger partial charge in [-0.15, -0.1) is 11.3 Å². The Bertz CT molecular complexity index is 548. The van der Waals surface area contributed by atoms with Gasteiger partial charge in [-0.25, -0.2) is 0 Å². The molecule has 2 rings (SSSR count). The van der Waals surface area contributed by atoms with Crippen LogP contribution in [-0.4, -0.2) is 5.78 Å². The first kappa shape index (κ1) is 12.5. The van der Waals surface area contributed by atoms with Crippen LogP contribution in [0.2, 0.25) is 0 Å². The number of halogens is 3. The second-order valence-corrected chi connectivity index (χ2v) is 7.65. The van der Waals surface area contributed by atoms with Crippen molar-refractivity contribution in [3.05, 3.63) is 53.5 Å². The summed E-state index contributed by atoms with van der Waals surface area (Å²) >= 11 is 11.6.